The summed E-state index contributed by atoms with van der Waals surface area (Å²) < 4.78 is 0. The van der Waals surface area contributed by atoms with Crippen LogP contribution in [0, 0.1) is 5.92 Å². The lowest BCUT2D eigenvalue weighted by Gasteiger charge is -2.35. The summed E-state index contributed by atoms with van der Waals surface area (Å²) in [6.07, 6.45) is 3.66. The maximum atomic E-state index is 12.1. The number of hydrogen-bond donors (Lipinski definition) is 0. The van der Waals surface area contributed by atoms with Crippen LogP contribution in [0.3, 0.4) is 0 Å². The summed E-state index contributed by atoms with van der Waals surface area (Å²) in [5, 5.41) is 0. The van der Waals surface area contributed by atoms with Gasteiger partial charge in [-0.25, -0.2) is 0 Å². The molecule has 0 saturated carbocycles. The van der Waals surface area contributed by atoms with Gasteiger partial charge in [0.05, 0.1) is 6.04 Å². The first kappa shape index (κ1) is 18.1. The van der Waals surface area contributed by atoms with Crippen molar-refractivity contribution < 1.29 is 9.59 Å². The summed E-state index contributed by atoms with van der Waals surface area (Å²) >= 11 is 0. The van der Waals surface area contributed by atoms with Crippen molar-refractivity contribution in [2.24, 2.45) is 5.92 Å². The second kappa shape index (κ2) is 7.28. The molecule has 1 heterocycles. The molecule has 0 bridgehead atoms. The van der Waals surface area contributed by atoms with E-state index in [1.807, 2.05) is 61.2 Å². The highest BCUT2D eigenvalue weighted by Gasteiger charge is 2.27. The SMILES string of the molecule is C=CC1CCc2cc(-c3ccc(C(=O)C(C)C)cc3)ccc2N1C(C)=O. The molecule has 134 valence electrons. The Labute approximate surface area is 155 Å². The lowest BCUT2D eigenvalue weighted by atomic mass is 9.92. The third-order valence-corrected chi connectivity index (χ3v) is 5.02. The van der Waals surface area contributed by atoms with Crippen molar-refractivity contribution in [1.82, 2.24) is 0 Å². The van der Waals surface area contributed by atoms with Crippen molar-refractivity contribution in [3.63, 3.8) is 0 Å². The molecule has 1 unspecified atom stereocenters. The molecule has 26 heavy (non-hydrogen) atoms. The van der Waals surface area contributed by atoms with E-state index in [0.717, 1.165) is 35.2 Å². The molecule has 3 heteroatoms. The molecule has 0 radical (unpaired) electrons. The van der Waals surface area contributed by atoms with Crippen LogP contribution in [0.5, 0.6) is 0 Å². The molecule has 0 N–H and O–H groups in total. The summed E-state index contributed by atoms with van der Waals surface area (Å²) in [5.41, 5.74) is 5.08. The summed E-state index contributed by atoms with van der Waals surface area (Å²) in [6, 6.07) is 14.1. The molecule has 1 aliphatic rings. The molecule has 0 aliphatic carbocycles. The van der Waals surface area contributed by atoms with Gasteiger partial charge < -0.3 is 4.90 Å². The van der Waals surface area contributed by atoms with E-state index in [0.29, 0.717) is 0 Å². The number of carbonyl (C=O) groups is 2. The predicted molar refractivity (Wildman–Crippen MR) is 107 cm³/mol. The Morgan fingerprint density at radius 3 is 2.35 bits per heavy atom. The Balaban J connectivity index is 1.93. The van der Waals surface area contributed by atoms with Crippen molar-refractivity contribution in [3.8, 4) is 11.1 Å². The van der Waals surface area contributed by atoms with Crippen molar-refractivity contribution in [1.29, 1.82) is 0 Å². The molecule has 3 rings (SSSR count). The van der Waals surface area contributed by atoms with Crippen molar-refractivity contribution in [2.45, 2.75) is 39.7 Å². The first-order valence-electron chi connectivity index (χ1n) is 9.12. The molecule has 3 nitrogen and oxygen atoms in total. The Morgan fingerprint density at radius 2 is 1.77 bits per heavy atom. The van der Waals surface area contributed by atoms with Gasteiger partial charge in [0.2, 0.25) is 5.91 Å². The van der Waals surface area contributed by atoms with Crippen LogP contribution in [0.1, 0.15) is 43.1 Å². The minimum absolute atomic E-state index is 0.0000330. The zero-order chi connectivity index (χ0) is 18.8. The van der Waals surface area contributed by atoms with Crippen molar-refractivity contribution >= 4 is 17.4 Å². The molecule has 0 saturated heterocycles. The number of anilines is 1. The van der Waals surface area contributed by atoms with Gasteiger partial charge in [0.15, 0.2) is 5.78 Å². The fourth-order valence-corrected chi connectivity index (χ4v) is 3.60. The van der Waals surface area contributed by atoms with Gasteiger partial charge in [-0.05, 0) is 41.7 Å². The fraction of sp³-hybridized carbons (Fsp3) is 0.304. The smallest absolute Gasteiger partial charge is 0.224 e. The summed E-state index contributed by atoms with van der Waals surface area (Å²) in [7, 11) is 0. The van der Waals surface area contributed by atoms with E-state index in [-0.39, 0.29) is 23.7 Å². The van der Waals surface area contributed by atoms with Crippen LogP contribution in [-0.2, 0) is 11.2 Å². The molecule has 1 amide bonds. The Bertz CT molecular complexity index is 849. The zero-order valence-corrected chi connectivity index (χ0v) is 15.7. The number of ketones is 1. The number of Topliss-reactive ketones (excluding diaryl/α,β-unsaturated/α-hetero) is 1. The fourth-order valence-electron chi connectivity index (χ4n) is 3.60. The summed E-state index contributed by atoms with van der Waals surface area (Å²) in [6.45, 7) is 9.30. The number of fused-ring (bicyclic) bond motifs is 1. The van der Waals surface area contributed by atoms with E-state index in [4.69, 9.17) is 0 Å². The summed E-state index contributed by atoms with van der Waals surface area (Å²) in [5.74, 6) is 0.203. The number of carbonyl (C=O) groups excluding carboxylic acids is 2. The minimum Gasteiger partial charge on any atom is -0.306 e. The molecular weight excluding hydrogens is 322 g/mol. The maximum Gasteiger partial charge on any atom is 0.224 e. The highest BCUT2D eigenvalue weighted by molar-refractivity contribution is 5.98. The number of rotatable bonds is 4. The second-order valence-corrected chi connectivity index (χ2v) is 7.17. The topological polar surface area (TPSA) is 37.4 Å². The highest BCUT2D eigenvalue weighted by Crippen LogP contribution is 2.34. The molecule has 1 aliphatic heterocycles. The van der Waals surface area contributed by atoms with E-state index < -0.39 is 0 Å². The average Bonchev–Trinajstić information content (AvgIpc) is 2.65. The quantitative estimate of drug-likeness (QED) is 0.573. The van der Waals surface area contributed by atoms with E-state index in [2.05, 4.69) is 12.6 Å². The summed E-state index contributed by atoms with van der Waals surface area (Å²) in [4.78, 5) is 26.0. The van der Waals surface area contributed by atoms with Gasteiger partial charge in [-0.15, -0.1) is 6.58 Å². The van der Waals surface area contributed by atoms with E-state index in [9.17, 15) is 9.59 Å². The van der Waals surface area contributed by atoms with E-state index >= 15 is 0 Å². The zero-order valence-electron chi connectivity index (χ0n) is 15.7. The minimum atomic E-state index is -0.0000330. The number of nitrogens with zero attached hydrogens (tertiary/aromatic N) is 1. The highest BCUT2D eigenvalue weighted by atomic mass is 16.2. The molecule has 2 aromatic carbocycles. The number of hydrogen-bond acceptors (Lipinski definition) is 2. The normalized spacial score (nSPS) is 16.3. The maximum absolute atomic E-state index is 12.1. The molecule has 0 spiro atoms. The van der Waals surface area contributed by atoms with Gasteiger partial charge in [-0.2, -0.15) is 0 Å². The van der Waals surface area contributed by atoms with Gasteiger partial charge >= 0.3 is 0 Å². The van der Waals surface area contributed by atoms with Crippen LogP contribution < -0.4 is 4.90 Å². The third-order valence-electron chi connectivity index (χ3n) is 5.02. The Hall–Kier alpha value is -2.68. The van der Waals surface area contributed by atoms with Gasteiger partial charge in [0, 0.05) is 24.1 Å². The van der Waals surface area contributed by atoms with Crippen LogP contribution in [0.4, 0.5) is 5.69 Å². The van der Waals surface area contributed by atoms with Crippen molar-refractivity contribution in [3.05, 3.63) is 66.2 Å². The van der Waals surface area contributed by atoms with E-state index in [1.54, 1.807) is 6.92 Å². The third kappa shape index (κ3) is 3.34. The molecule has 1 atom stereocenters. The molecule has 2 aromatic rings. The molecular formula is C23H25NO2. The molecule has 0 aromatic heterocycles. The Kier molecular flexibility index (Phi) is 5.08. The lowest BCUT2D eigenvalue weighted by Crippen LogP contribution is -2.41. The number of amides is 1. The van der Waals surface area contributed by atoms with Crippen LogP contribution in [0.25, 0.3) is 11.1 Å². The van der Waals surface area contributed by atoms with Gasteiger partial charge in [0.1, 0.15) is 0 Å². The standard InChI is InChI=1S/C23H25NO2/c1-5-21-12-10-20-14-19(11-13-22(20)24(21)16(4)25)17-6-8-18(9-7-17)23(26)15(2)3/h5-9,11,13-15,21H,1,10,12H2,2-4H3. The number of aryl methyl sites for hydroxylation is 1. The van der Waals surface area contributed by atoms with Crippen LogP contribution in [0.15, 0.2) is 55.1 Å². The monoisotopic (exact) mass is 347 g/mol. The predicted octanol–water partition coefficient (Wildman–Crippen LogP) is 5.05. The molecule has 0 fully saturated rings. The van der Waals surface area contributed by atoms with Gasteiger partial charge in [0.25, 0.3) is 0 Å². The van der Waals surface area contributed by atoms with Crippen LogP contribution >= 0.6 is 0 Å². The van der Waals surface area contributed by atoms with E-state index in [1.165, 1.54) is 5.56 Å². The largest absolute Gasteiger partial charge is 0.306 e. The lowest BCUT2D eigenvalue weighted by molar-refractivity contribution is -0.117. The average molecular weight is 347 g/mol. The van der Waals surface area contributed by atoms with Crippen molar-refractivity contribution in [2.75, 3.05) is 4.90 Å². The van der Waals surface area contributed by atoms with Crippen LogP contribution in [-0.4, -0.2) is 17.7 Å². The second-order valence-electron chi connectivity index (χ2n) is 7.17. The van der Waals surface area contributed by atoms with Gasteiger partial charge in [-0.3, -0.25) is 9.59 Å². The van der Waals surface area contributed by atoms with Gasteiger partial charge in [-0.1, -0.05) is 50.3 Å². The number of benzene rings is 2. The first-order chi connectivity index (χ1) is 12.4. The Morgan fingerprint density at radius 1 is 1.12 bits per heavy atom. The first-order valence-corrected chi connectivity index (χ1v) is 9.12. The van der Waals surface area contributed by atoms with Crippen LogP contribution in [0.2, 0.25) is 0 Å².